The van der Waals surface area contributed by atoms with Gasteiger partial charge in [0.25, 0.3) is 0 Å². The first kappa shape index (κ1) is 25.8. The lowest BCUT2D eigenvalue weighted by Crippen LogP contribution is -1.94. The molecule has 4 N–H and O–H groups in total. The predicted molar refractivity (Wildman–Crippen MR) is 140 cm³/mol. The van der Waals surface area contributed by atoms with Crippen LogP contribution in [0.5, 0.6) is 0 Å². The van der Waals surface area contributed by atoms with Crippen molar-refractivity contribution < 1.29 is 0 Å². The maximum absolute atomic E-state index is 5.68. The van der Waals surface area contributed by atoms with E-state index in [2.05, 4.69) is 80.9 Å². The molecule has 0 aliphatic rings. The van der Waals surface area contributed by atoms with E-state index in [1.165, 1.54) is 23.8 Å². The minimum Gasteiger partial charge on any atom is -0.384 e. The van der Waals surface area contributed by atoms with Crippen LogP contribution in [0.15, 0.2) is 42.9 Å². The molecule has 3 aromatic heterocycles. The van der Waals surface area contributed by atoms with Crippen LogP contribution in [-0.4, -0.2) is 15.0 Å². The number of pyridine rings is 3. The van der Waals surface area contributed by atoms with Crippen molar-refractivity contribution in [3.63, 3.8) is 0 Å². The lowest BCUT2D eigenvalue weighted by atomic mass is 10.2. The topological polar surface area (TPSA) is 90.7 Å². The molecule has 0 saturated heterocycles. The van der Waals surface area contributed by atoms with Gasteiger partial charge in [0.2, 0.25) is 0 Å². The molecule has 0 aliphatic heterocycles. The number of hydrogen-bond acceptors (Lipinski definition) is 5. The molecule has 8 heteroatoms. The summed E-state index contributed by atoms with van der Waals surface area (Å²) >= 11 is 10.2. The zero-order valence-corrected chi connectivity index (χ0v) is 21.9. The van der Waals surface area contributed by atoms with E-state index in [-0.39, 0.29) is 0 Å². The molecule has 29 heavy (non-hydrogen) atoms. The Morgan fingerprint density at radius 1 is 0.793 bits per heavy atom. The lowest BCUT2D eigenvalue weighted by Gasteiger charge is -1.99. The predicted octanol–water partition coefficient (Wildman–Crippen LogP) is 5.96. The van der Waals surface area contributed by atoms with E-state index in [0.717, 1.165) is 19.3 Å². The van der Waals surface area contributed by atoms with Crippen molar-refractivity contribution in [3.8, 4) is 0 Å². The molecule has 0 unspecified atom stereocenters. The number of aryl methyl sites for hydroxylation is 3. The van der Waals surface area contributed by atoms with E-state index in [9.17, 15) is 0 Å². The van der Waals surface area contributed by atoms with Crippen LogP contribution in [0.4, 0.5) is 11.6 Å². The smallest absolute Gasteiger partial charge is 0.129 e. The second-order valence-electron chi connectivity index (χ2n) is 5.95. The van der Waals surface area contributed by atoms with Gasteiger partial charge >= 0.3 is 0 Å². The molecule has 0 aliphatic carbocycles. The molecule has 3 aromatic rings. The number of nitrogens with zero attached hydrogens (tertiary/aromatic N) is 3. The second-order valence-corrected chi connectivity index (χ2v) is 8.66. The fraction of sp³-hybridized carbons (Fsp3) is 0.286. The molecule has 0 radical (unpaired) electrons. The Bertz CT molecular complexity index is 854. The van der Waals surface area contributed by atoms with Crippen molar-refractivity contribution >= 4 is 68.4 Å². The van der Waals surface area contributed by atoms with Crippen LogP contribution >= 0.6 is 56.8 Å². The highest BCUT2D eigenvalue weighted by Gasteiger charge is 1.98. The van der Waals surface area contributed by atoms with Gasteiger partial charge in [-0.2, -0.15) is 0 Å². The third-order valence-corrected chi connectivity index (χ3v) is 6.02. The fourth-order valence-electron chi connectivity index (χ4n) is 2.21. The number of nitrogens with two attached hydrogens (primary N) is 2. The number of halogens is 3. The first-order valence-electron chi connectivity index (χ1n) is 9.20. The summed E-state index contributed by atoms with van der Waals surface area (Å²) < 4.78 is 2.37. The summed E-state index contributed by atoms with van der Waals surface area (Å²) in [6, 6.07) is 7.68. The zero-order chi connectivity index (χ0) is 21.8. The van der Waals surface area contributed by atoms with E-state index in [0.29, 0.717) is 16.8 Å². The SMILES string of the molecule is CCc1cc(Cl)ncc1I.CCc1cc(N)ncc1I.CCc1ccnc(N)c1. The van der Waals surface area contributed by atoms with Gasteiger partial charge in [0.05, 0.1) is 0 Å². The molecule has 0 amide bonds. The highest BCUT2D eigenvalue weighted by atomic mass is 127. The molecular formula is C21H26ClI2N5. The van der Waals surface area contributed by atoms with Crippen LogP contribution < -0.4 is 11.5 Å². The fourth-order valence-corrected chi connectivity index (χ4v) is 3.74. The molecule has 0 bridgehead atoms. The summed E-state index contributed by atoms with van der Waals surface area (Å²) in [5.41, 5.74) is 14.7. The van der Waals surface area contributed by atoms with Crippen LogP contribution in [0.2, 0.25) is 5.15 Å². The molecule has 156 valence electrons. The standard InChI is InChI=1S/C7H7ClIN.C7H9IN2.C7H10N2/c1-2-5-3-7(8)10-4-6(5)9;1-2-5-3-7(9)10-4-6(5)8;1-2-6-3-4-9-7(8)5-6/h3-4H,2H2,1H3;3-4H,2H2,1H3,(H2,9,10);3-5H,2H2,1H3,(H2,8,9). The minimum atomic E-state index is 0.581. The van der Waals surface area contributed by atoms with Crippen molar-refractivity contribution in [2.45, 2.75) is 40.0 Å². The van der Waals surface area contributed by atoms with Crippen LogP contribution in [-0.2, 0) is 19.3 Å². The highest BCUT2D eigenvalue weighted by molar-refractivity contribution is 14.1. The minimum absolute atomic E-state index is 0.581. The molecular weight excluding hydrogens is 612 g/mol. The molecule has 3 heterocycles. The van der Waals surface area contributed by atoms with E-state index < -0.39 is 0 Å². The maximum Gasteiger partial charge on any atom is 0.129 e. The second kappa shape index (κ2) is 13.9. The number of anilines is 2. The molecule has 5 nitrogen and oxygen atoms in total. The number of aromatic nitrogens is 3. The third kappa shape index (κ3) is 9.90. The van der Waals surface area contributed by atoms with E-state index in [1.807, 2.05) is 24.3 Å². The lowest BCUT2D eigenvalue weighted by molar-refractivity contribution is 1.10. The summed E-state index contributed by atoms with van der Waals surface area (Å²) in [6.45, 7) is 6.31. The number of hydrogen-bond donors (Lipinski definition) is 2. The van der Waals surface area contributed by atoms with Gasteiger partial charge in [0.1, 0.15) is 16.8 Å². The van der Waals surface area contributed by atoms with Gasteiger partial charge in [-0.1, -0.05) is 32.4 Å². The Morgan fingerprint density at radius 3 is 1.79 bits per heavy atom. The molecule has 0 saturated carbocycles. The van der Waals surface area contributed by atoms with Gasteiger partial charge in [-0.3, -0.25) is 0 Å². The van der Waals surface area contributed by atoms with E-state index >= 15 is 0 Å². The molecule has 3 rings (SSSR count). The Kier molecular flexibility index (Phi) is 12.4. The molecule has 0 aromatic carbocycles. The number of nitrogen functional groups attached to an aromatic ring is 2. The van der Waals surface area contributed by atoms with Crippen LogP contribution in [0, 0.1) is 7.14 Å². The van der Waals surface area contributed by atoms with Gasteiger partial charge in [0, 0.05) is 25.7 Å². The highest BCUT2D eigenvalue weighted by Crippen LogP contribution is 2.15. The van der Waals surface area contributed by atoms with Crippen molar-refractivity contribution in [3.05, 3.63) is 71.8 Å². The van der Waals surface area contributed by atoms with Gasteiger partial charge in [-0.05, 0) is 105 Å². The maximum atomic E-state index is 5.68. The van der Waals surface area contributed by atoms with E-state index in [4.69, 9.17) is 23.1 Å². The van der Waals surface area contributed by atoms with Gasteiger partial charge in [-0.15, -0.1) is 0 Å². The van der Waals surface area contributed by atoms with Gasteiger partial charge in [-0.25, -0.2) is 15.0 Å². The van der Waals surface area contributed by atoms with Crippen LogP contribution in [0.25, 0.3) is 0 Å². The Labute approximate surface area is 205 Å². The largest absolute Gasteiger partial charge is 0.384 e. The molecule has 0 atom stereocenters. The quantitative estimate of drug-likeness (QED) is 0.273. The average Bonchev–Trinajstić information content (AvgIpc) is 2.72. The zero-order valence-electron chi connectivity index (χ0n) is 16.8. The van der Waals surface area contributed by atoms with Gasteiger partial charge < -0.3 is 11.5 Å². The normalized spacial score (nSPS) is 9.72. The third-order valence-electron chi connectivity index (χ3n) is 3.87. The monoisotopic (exact) mass is 637 g/mol. The van der Waals surface area contributed by atoms with Crippen molar-refractivity contribution in [1.82, 2.24) is 15.0 Å². The summed E-state index contributed by atoms with van der Waals surface area (Å²) in [5.74, 6) is 1.21. The van der Waals surface area contributed by atoms with Gasteiger partial charge in [0.15, 0.2) is 0 Å². The average molecular weight is 638 g/mol. The Hall–Kier alpha value is -1.20. The first-order chi connectivity index (χ1) is 13.8. The summed E-state index contributed by atoms with van der Waals surface area (Å²) in [5, 5.41) is 0.581. The summed E-state index contributed by atoms with van der Waals surface area (Å²) in [4.78, 5) is 11.8. The van der Waals surface area contributed by atoms with Crippen molar-refractivity contribution in [1.29, 1.82) is 0 Å². The molecule has 0 fully saturated rings. The molecule has 0 spiro atoms. The van der Waals surface area contributed by atoms with Crippen molar-refractivity contribution in [2.24, 2.45) is 0 Å². The Balaban J connectivity index is 0.000000218. The number of rotatable bonds is 3. The van der Waals surface area contributed by atoms with Crippen molar-refractivity contribution in [2.75, 3.05) is 11.5 Å². The summed E-state index contributed by atoms with van der Waals surface area (Å²) in [6.07, 6.45) is 8.38. The van der Waals surface area contributed by atoms with E-state index in [1.54, 1.807) is 18.6 Å². The Morgan fingerprint density at radius 2 is 1.34 bits per heavy atom. The van der Waals surface area contributed by atoms with Crippen LogP contribution in [0.1, 0.15) is 37.5 Å². The van der Waals surface area contributed by atoms with Crippen LogP contribution in [0.3, 0.4) is 0 Å². The first-order valence-corrected chi connectivity index (χ1v) is 11.7. The summed E-state index contributed by atoms with van der Waals surface area (Å²) in [7, 11) is 0.